The minimum atomic E-state index is -0.0363. The van der Waals surface area contributed by atoms with Crippen molar-refractivity contribution in [3.05, 3.63) is 59.2 Å². The van der Waals surface area contributed by atoms with Crippen molar-refractivity contribution < 1.29 is 14.3 Å². The van der Waals surface area contributed by atoms with Crippen LogP contribution in [0, 0.1) is 13.8 Å². The Bertz CT molecular complexity index is 768. The topological polar surface area (TPSA) is 50.8 Å². The van der Waals surface area contributed by atoms with Crippen molar-refractivity contribution in [2.24, 2.45) is 0 Å². The quantitative estimate of drug-likeness (QED) is 0.758. The van der Waals surface area contributed by atoms with E-state index in [4.69, 9.17) is 9.47 Å². The zero-order chi connectivity index (χ0) is 19.8. The van der Waals surface area contributed by atoms with Crippen molar-refractivity contribution in [1.29, 1.82) is 0 Å². The van der Waals surface area contributed by atoms with E-state index in [1.54, 1.807) is 0 Å². The normalized spacial score (nSPS) is 14.6. The second-order valence-electron chi connectivity index (χ2n) is 7.32. The maximum atomic E-state index is 12.1. The lowest BCUT2D eigenvalue weighted by molar-refractivity contribution is -0.116. The third-order valence-electron chi connectivity index (χ3n) is 4.98. The number of benzene rings is 2. The third-order valence-corrected chi connectivity index (χ3v) is 4.98. The van der Waals surface area contributed by atoms with Crippen molar-refractivity contribution in [2.75, 3.05) is 44.8 Å². The van der Waals surface area contributed by atoms with Crippen LogP contribution < -0.4 is 10.1 Å². The number of carbonyl (C=O) groups excluding carboxylic acids is 1. The Labute approximate surface area is 167 Å². The van der Waals surface area contributed by atoms with Crippen molar-refractivity contribution in [1.82, 2.24) is 4.90 Å². The summed E-state index contributed by atoms with van der Waals surface area (Å²) in [6.07, 6.45) is 1.34. The summed E-state index contributed by atoms with van der Waals surface area (Å²) >= 11 is 0. The number of morpholine rings is 1. The molecule has 0 atom stereocenters. The molecule has 1 saturated heterocycles. The van der Waals surface area contributed by atoms with E-state index in [1.807, 2.05) is 31.2 Å². The van der Waals surface area contributed by atoms with Gasteiger partial charge in [-0.25, -0.2) is 0 Å². The molecule has 0 saturated carbocycles. The van der Waals surface area contributed by atoms with Gasteiger partial charge in [0.25, 0.3) is 0 Å². The van der Waals surface area contributed by atoms with Gasteiger partial charge in [-0.2, -0.15) is 0 Å². The average molecular weight is 383 g/mol. The summed E-state index contributed by atoms with van der Waals surface area (Å²) in [6, 6.07) is 14.2. The zero-order valence-electron chi connectivity index (χ0n) is 16.9. The SMILES string of the molecule is Cc1ccc(OCCC(=O)Nc2ccc(CCN3CCOCC3)cc2)c(C)c1. The second-order valence-corrected chi connectivity index (χ2v) is 7.32. The summed E-state index contributed by atoms with van der Waals surface area (Å²) in [7, 11) is 0. The van der Waals surface area contributed by atoms with Gasteiger partial charge in [-0.05, 0) is 49.6 Å². The Morgan fingerprint density at radius 2 is 1.86 bits per heavy atom. The van der Waals surface area contributed by atoms with Gasteiger partial charge < -0.3 is 14.8 Å². The van der Waals surface area contributed by atoms with E-state index < -0.39 is 0 Å². The fourth-order valence-electron chi connectivity index (χ4n) is 3.31. The molecule has 0 aromatic heterocycles. The maximum Gasteiger partial charge on any atom is 0.227 e. The van der Waals surface area contributed by atoms with Gasteiger partial charge in [0.05, 0.1) is 26.2 Å². The third kappa shape index (κ3) is 6.36. The number of ether oxygens (including phenoxy) is 2. The first-order valence-electron chi connectivity index (χ1n) is 9.99. The Hall–Kier alpha value is -2.37. The summed E-state index contributed by atoms with van der Waals surface area (Å²) < 4.78 is 11.1. The molecule has 2 aromatic rings. The van der Waals surface area contributed by atoms with Gasteiger partial charge >= 0.3 is 0 Å². The molecule has 0 aliphatic carbocycles. The number of carbonyl (C=O) groups is 1. The highest BCUT2D eigenvalue weighted by Crippen LogP contribution is 2.19. The van der Waals surface area contributed by atoms with Crippen LogP contribution in [0.15, 0.2) is 42.5 Å². The number of nitrogens with zero attached hydrogens (tertiary/aromatic N) is 1. The van der Waals surface area contributed by atoms with Crippen LogP contribution in [0.25, 0.3) is 0 Å². The summed E-state index contributed by atoms with van der Waals surface area (Å²) in [6.45, 7) is 9.17. The van der Waals surface area contributed by atoms with E-state index in [9.17, 15) is 4.79 Å². The van der Waals surface area contributed by atoms with E-state index in [-0.39, 0.29) is 5.91 Å². The highest BCUT2D eigenvalue weighted by molar-refractivity contribution is 5.90. The van der Waals surface area contributed by atoms with E-state index >= 15 is 0 Å². The highest BCUT2D eigenvalue weighted by atomic mass is 16.5. The monoisotopic (exact) mass is 382 g/mol. The molecule has 0 bridgehead atoms. The number of rotatable bonds is 8. The fraction of sp³-hybridized carbons (Fsp3) is 0.435. The molecule has 1 amide bonds. The Kier molecular flexibility index (Phi) is 7.46. The van der Waals surface area contributed by atoms with E-state index in [0.29, 0.717) is 13.0 Å². The molecule has 1 aliphatic heterocycles. The number of hydrogen-bond donors (Lipinski definition) is 1. The molecular weight excluding hydrogens is 352 g/mol. The van der Waals surface area contributed by atoms with Gasteiger partial charge in [-0.3, -0.25) is 9.69 Å². The average Bonchev–Trinajstić information content (AvgIpc) is 2.70. The van der Waals surface area contributed by atoms with Gasteiger partial charge in [0.2, 0.25) is 5.91 Å². The Morgan fingerprint density at radius 3 is 2.57 bits per heavy atom. The summed E-state index contributed by atoms with van der Waals surface area (Å²) in [5.41, 5.74) is 4.40. The van der Waals surface area contributed by atoms with Crippen molar-refractivity contribution in [3.8, 4) is 5.75 Å². The molecule has 1 N–H and O–H groups in total. The lowest BCUT2D eigenvalue weighted by atomic mass is 10.1. The minimum absolute atomic E-state index is 0.0363. The fourth-order valence-corrected chi connectivity index (χ4v) is 3.31. The Balaban J connectivity index is 1.38. The molecular formula is C23H30N2O3. The molecule has 3 rings (SSSR count). The molecule has 0 unspecified atom stereocenters. The van der Waals surface area contributed by atoms with E-state index in [1.165, 1.54) is 11.1 Å². The molecule has 2 aromatic carbocycles. The van der Waals surface area contributed by atoms with Crippen molar-refractivity contribution >= 4 is 11.6 Å². The van der Waals surface area contributed by atoms with Gasteiger partial charge in [-0.1, -0.05) is 29.8 Å². The largest absolute Gasteiger partial charge is 0.493 e. The van der Waals surface area contributed by atoms with Gasteiger partial charge in [-0.15, -0.1) is 0 Å². The molecule has 1 heterocycles. The van der Waals surface area contributed by atoms with E-state index in [0.717, 1.165) is 56.3 Å². The minimum Gasteiger partial charge on any atom is -0.493 e. The smallest absolute Gasteiger partial charge is 0.227 e. The number of anilines is 1. The van der Waals surface area contributed by atoms with Crippen LogP contribution in [-0.4, -0.2) is 50.3 Å². The molecule has 5 nitrogen and oxygen atoms in total. The van der Waals surface area contributed by atoms with Crippen LogP contribution in [0.2, 0.25) is 0 Å². The lowest BCUT2D eigenvalue weighted by Gasteiger charge is -2.26. The first kappa shape index (κ1) is 20.4. The van der Waals surface area contributed by atoms with Crippen molar-refractivity contribution in [2.45, 2.75) is 26.7 Å². The van der Waals surface area contributed by atoms with Crippen LogP contribution in [0.5, 0.6) is 5.75 Å². The van der Waals surface area contributed by atoms with E-state index in [2.05, 4.69) is 35.3 Å². The molecule has 1 fully saturated rings. The van der Waals surface area contributed by atoms with Gasteiger partial charge in [0, 0.05) is 25.3 Å². The van der Waals surface area contributed by atoms with Gasteiger partial charge in [0.1, 0.15) is 5.75 Å². The van der Waals surface area contributed by atoms with Crippen LogP contribution in [0.3, 0.4) is 0 Å². The van der Waals surface area contributed by atoms with Crippen LogP contribution >= 0.6 is 0 Å². The first-order valence-corrected chi connectivity index (χ1v) is 9.99. The highest BCUT2D eigenvalue weighted by Gasteiger charge is 2.10. The number of nitrogens with one attached hydrogen (secondary N) is 1. The molecule has 1 aliphatic rings. The number of aryl methyl sites for hydroxylation is 2. The summed E-state index contributed by atoms with van der Waals surface area (Å²) in [4.78, 5) is 14.6. The number of amides is 1. The van der Waals surface area contributed by atoms with Crippen LogP contribution in [-0.2, 0) is 16.0 Å². The number of hydrogen-bond acceptors (Lipinski definition) is 4. The zero-order valence-corrected chi connectivity index (χ0v) is 16.9. The molecule has 5 heteroatoms. The van der Waals surface area contributed by atoms with Crippen LogP contribution in [0.4, 0.5) is 5.69 Å². The molecule has 0 spiro atoms. The molecule has 28 heavy (non-hydrogen) atoms. The lowest BCUT2D eigenvalue weighted by Crippen LogP contribution is -2.37. The predicted molar refractivity (Wildman–Crippen MR) is 112 cm³/mol. The second kappa shape index (κ2) is 10.2. The van der Waals surface area contributed by atoms with Crippen molar-refractivity contribution in [3.63, 3.8) is 0 Å². The predicted octanol–water partition coefficient (Wildman–Crippen LogP) is 3.59. The summed E-state index contributed by atoms with van der Waals surface area (Å²) in [5, 5.41) is 2.94. The van der Waals surface area contributed by atoms with Gasteiger partial charge in [0.15, 0.2) is 0 Å². The van der Waals surface area contributed by atoms with Crippen LogP contribution in [0.1, 0.15) is 23.1 Å². The molecule has 0 radical (unpaired) electrons. The summed E-state index contributed by atoms with van der Waals surface area (Å²) in [5.74, 6) is 0.800. The Morgan fingerprint density at radius 1 is 1.11 bits per heavy atom. The molecule has 150 valence electrons. The first-order chi connectivity index (χ1) is 13.6. The standard InChI is InChI=1S/C23H30N2O3/c1-18-3-8-22(19(2)17-18)28-14-10-23(26)24-21-6-4-20(5-7-21)9-11-25-12-15-27-16-13-25/h3-8,17H,9-16H2,1-2H3,(H,24,26). The maximum absolute atomic E-state index is 12.1.